The van der Waals surface area contributed by atoms with Crippen molar-refractivity contribution >= 4 is 5.97 Å². The molecule has 53 heavy (non-hydrogen) atoms. The van der Waals surface area contributed by atoms with Crippen LogP contribution in [0.5, 0.6) is 0 Å². The number of nitrogens with one attached hydrogen (secondary N) is 2. The van der Waals surface area contributed by atoms with Gasteiger partial charge in [-0.1, -0.05) is 138 Å². The van der Waals surface area contributed by atoms with Gasteiger partial charge in [-0.15, -0.1) is 0 Å². The van der Waals surface area contributed by atoms with Gasteiger partial charge in [0.2, 0.25) is 0 Å². The first-order chi connectivity index (χ1) is 25.3. The van der Waals surface area contributed by atoms with Crippen LogP contribution in [0, 0.1) is 5.92 Å². The fraction of sp³-hybridized carbons (Fsp3) is 0.568. The summed E-state index contributed by atoms with van der Waals surface area (Å²) in [4.78, 5) is 11.4. The molecule has 3 aromatic carbocycles. The van der Waals surface area contributed by atoms with Crippen molar-refractivity contribution < 1.29 is 24.5 Å². The van der Waals surface area contributed by atoms with Crippen LogP contribution in [0.1, 0.15) is 122 Å². The van der Waals surface area contributed by atoms with Crippen molar-refractivity contribution in [3.8, 4) is 0 Å². The Labute approximate surface area is 321 Å². The van der Waals surface area contributed by atoms with Crippen LogP contribution < -0.4 is 22.1 Å². The number of esters is 1. The first kappa shape index (κ1) is 47.9. The molecule has 1 fully saturated rings. The van der Waals surface area contributed by atoms with Crippen LogP contribution in [0.15, 0.2) is 91.0 Å². The van der Waals surface area contributed by atoms with E-state index in [0.29, 0.717) is 37.2 Å². The van der Waals surface area contributed by atoms with E-state index in [1.165, 1.54) is 32.1 Å². The summed E-state index contributed by atoms with van der Waals surface area (Å²) in [6.45, 7) is 17.0. The summed E-state index contributed by atoms with van der Waals surface area (Å²) in [5, 5.41) is 25.2. The average molecular weight is 737 g/mol. The van der Waals surface area contributed by atoms with Crippen molar-refractivity contribution in [3.05, 3.63) is 108 Å². The second-order valence-electron chi connectivity index (χ2n) is 14.7. The smallest absolute Gasteiger partial charge is 0.327 e. The van der Waals surface area contributed by atoms with E-state index < -0.39 is 6.04 Å². The summed E-state index contributed by atoms with van der Waals surface area (Å²) in [5.41, 5.74) is 14.4. The number of benzene rings is 3. The van der Waals surface area contributed by atoms with E-state index in [-0.39, 0.29) is 36.9 Å². The lowest BCUT2D eigenvalue weighted by molar-refractivity contribution is -0.149. The van der Waals surface area contributed by atoms with Crippen LogP contribution in [0.4, 0.5) is 0 Å². The molecule has 4 rings (SSSR count). The highest BCUT2D eigenvalue weighted by Crippen LogP contribution is 2.26. The molecule has 9 heteroatoms. The number of carbonyl (C=O) groups is 1. The fourth-order valence-electron chi connectivity index (χ4n) is 6.01. The van der Waals surface area contributed by atoms with Gasteiger partial charge in [-0.05, 0) is 63.1 Å². The number of rotatable bonds is 15. The Morgan fingerprint density at radius 2 is 1.15 bits per heavy atom. The largest absolute Gasteiger partial charge is 0.462 e. The first-order valence-electron chi connectivity index (χ1n) is 19.5. The van der Waals surface area contributed by atoms with Crippen LogP contribution in [-0.2, 0) is 14.3 Å². The maximum atomic E-state index is 11.4. The molecular formula is C44H72N4O5. The Morgan fingerprint density at radius 3 is 1.55 bits per heavy atom. The van der Waals surface area contributed by atoms with Crippen molar-refractivity contribution in [3.63, 3.8) is 0 Å². The Kier molecular flexibility index (Phi) is 25.6. The molecule has 4 atom stereocenters. The Hall–Kier alpha value is -3.15. The zero-order valence-electron chi connectivity index (χ0n) is 33.8. The number of aliphatic hydroxyl groups is 2. The van der Waals surface area contributed by atoms with Gasteiger partial charge in [-0.3, -0.25) is 0 Å². The molecule has 0 heterocycles. The average Bonchev–Trinajstić information content (AvgIpc) is 3.16. The van der Waals surface area contributed by atoms with Gasteiger partial charge in [0.05, 0.1) is 37.6 Å². The van der Waals surface area contributed by atoms with Crippen LogP contribution in [0.3, 0.4) is 0 Å². The number of hydrogen-bond acceptors (Lipinski definition) is 9. The van der Waals surface area contributed by atoms with E-state index in [0.717, 1.165) is 16.7 Å². The molecule has 4 unspecified atom stereocenters. The lowest BCUT2D eigenvalue weighted by atomic mass is 9.84. The van der Waals surface area contributed by atoms with Crippen LogP contribution in [0.2, 0.25) is 0 Å². The highest BCUT2D eigenvalue weighted by molar-refractivity contribution is 5.77. The minimum absolute atomic E-state index is 0.0289. The first-order valence-corrected chi connectivity index (χ1v) is 19.5. The minimum atomic E-state index is -0.682. The van der Waals surface area contributed by atoms with Crippen LogP contribution in [0.25, 0.3) is 0 Å². The van der Waals surface area contributed by atoms with E-state index in [1.807, 2.05) is 105 Å². The molecular weight excluding hydrogens is 665 g/mol. The van der Waals surface area contributed by atoms with Crippen molar-refractivity contribution in [1.29, 1.82) is 0 Å². The van der Waals surface area contributed by atoms with Gasteiger partial charge in [-0.2, -0.15) is 0 Å². The second kappa shape index (κ2) is 28.3. The Bertz CT molecular complexity index is 1240. The summed E-state index contributed by atoms with van der Waals surface area (Å²) in [7, 11) is 0. The summed E-state index contributed by atoms with van der Waals surface area (Å²) < 4.78 is 10.7. The third kappa shape index (κ3) is 21.4. The highest BCUT2D eigenvalue weighted by Gasteiger charge is 2.23. The van der Waals surface area contributed by atoms with Gasteiger partial charge in [0.25, 0.3) is 0 Å². The van der Waals surface area contributed by atoms with E-state index in [9.17, 15) is 9.90 Å². The van der Waals surface area contributed by atoms with Gasteiger partial charge in [0.1, 0.15) is 6.04 Å². The summed E-state index contributed by atoms with van der Waals surface area (Å²) >= 11 is 0. The quantitative estimate of drug-likeness (QED) is 0.0878. The molecule has 8 N–H and O–H groups in total. The summed E-state index contributed by atoms with van der Waals surface area (Å²) in [6.07, 6.45) is 6.79. The molecule has 1 aliphatic carbocycles. The third-order valence-electron chi connectivity index (χ3n) is 8.47. The normalized spacial score (nSPS) is 15.2. The van der Waals surface area contributed by atoms with E-state index in [1.54, 1.807) is 13.8 Å². The maximum absolute atomic E-state index is 11.4. The van der Waals surface area contributed by atoms with Crippen molar-refractivity contribution in [2.75, 3.05) is 19.8 Å². The molecule has 0 aliphatic heterocycles. The highest BCUT2D eigenvalue weighted by atomic mass is 16.5. The lowest BCUT2D eigenvalue weighted by Gasteiger charge is -2.31. The van der Waals surface area contributed by atoms with Gasteiger partial charge in [0, 0.05) is 24.7 Å². The van der Waals surface area contributed by atoms with Crippen LogP contribution in [-0.4, -0.2) is 66.3 Å². The van der Waals surface area contributed by atoms with Crippen molar-refractivity contribution in [2.24, 2.45) is 17.4 Å². The van der Waals surface area contributed by atoms with Gasteiger partial charge < -0.3 is 41.8 Å². The maximum Gasteiger partial charge on any atom is 0.327 e. The van der Waals surface area contributed by atoms with Gasteiger partial charge >= 0.3 is 5.97 Å². The minimum Gasteiger partial charge on any atom is -0.462 e. The monoisotopic (exact) mass is 737 g/mol. The second-order valence-corrected chi connectivity index (χ2v) is 14.7. The molecule has 298 valence electrons. The Balaban J connectivity index is 0.000000354. The van der Waals surface area contributed by atoms with Crippen LogP contribution >= 0.6 is 0 Å². The molecule has 0 bridgehead atoms. The molecule has 3 aromatic rings. The SMILES string of the molecule is CC(C)NC(CO)C1CCCCC1.CC(C)NC(CO)c1ccccc1.CC(C)OC(=O)C(N)c1ccccc1.CC(C)OC(CN)c1ccccc1. The van der Waals surface area contributed by atoms with E-state index in [2.05, 4.69) is 38.3 Å². The lowest BCUT2D eigenvalue weighted by Crippen LogP contribution is -2.43. The van der Waals surface area contributed by atoms with Gasteiger partial charge in [-0.25, -0.2) is 4.79 Å². The molecule has 0 amide bonds. The molecule has 0 radical (unpaired) electrons. The predicted octanol–water partition coefficient (Wildman–Crippen LogP) is 7.39. The molecule has 9 nitrogen and oxygen atoms in total. The molecule has 0 spiro atoms. The Morgan fingerprint density at radius 1 is 0.679 bits per heavy atom. The molecule has 1 aliphatic rings. The number of hydrogen-bond donors (Lipinski definition) is 6. The number of ether oxygens (including phenoxy) is 2. The summed E-state index contributed by atoms with van der Waals surface area (Å²) in [5.74, 6) is 0.326. The summed E-state index contributed by atoms with van der Waals surface area (Å²) in [6, 6.07) is 29.9. The zero-order valence-corrected chi connectivity index (χ0v) is 33.8. The standard InChI is InChI=1S/C11H15NO2.C11H23NO.2C11H17NO/c1-8(2)14-11(13)10(12)9-6-4-3-5-7-9;2*1-9(2)12-11(8-13)10-6-4-3-5-7-10;1-9(2)13-11(8-12)10-6-4-3-5-7-10/h3-8,10H,12H2,1-2H3;9-13H,3-8H2,1-2H3;3-7,9,11-13H,8H2,1-2H3;3-7,9,11H,8,12H2,1-2H3. The van der Waals surface area contributed by atoms with E-state index >= 15 is 0 Å². The number of nitrogens with two attached hydrogens (primary N) is 2. The van der Waals surface area contributed by atoms with Crippen molar-refractivity contribution in [2.45, 2.75) is 136 Å². The molecule has 0 aromatic heterocycles. The zero-order chi connectivity index (χ0) is 39.6. The topological polar surface area (TPSA) is 152 Å². The predicted molar refractivity (Wildman–Crippen MR) is 219 cm³/mol. The number of aliphatic hydroxyl groups excluding tert-OH is 2. The third-order valence-corrected chi connectivity index (χ3v) is 8.47. The van der Waals surface area contributed by atoms with E-state index in [4.69, 9.17) is 26.0 Å². The van der Waals surface area contributed by atoms with Crippen molar-refractivity contribution in [1.82, 2.24) is 10.6 Å². The molecule has 1 saturated carbocycles. The van der Waals surface area contributed by atoms with Gasteiger partial charge in [0.15, 0.2) is 0 Å². The fourth-order valence-corrected chi connectivity index (χ4v) is 6.01. The molecule has 0 saturated heterocycles. The number of carbonyl (C=O) groups excluding carboxylic acids is 1.